The van der Waals surface area contributed by atoms with Crippen molar-refractivity contribution in [1.29, 1.82) is 0 Å². The van der Waals surface area contributed by atoms with Crippen molar-refractivity contribution in [2.45, 2.75) is 32.1 Å². The fourth-order valence-corrected chi connectivity index (χ4v) is 3.93. The zero-order chi connectivity index (χ0) is 15.4. The number of hydrogen-bond acceptors (Lipinski definition) is 2. The molecule has 0 unspecified atom stereocenters. The van der Waals surface area contributed by atoms with E-state index < -0.39 is 0 Å². The van der Waals surface area contributed by atoms with E-state index in [1.54, 1.807) is 0 Å². The molecular formula is C19H28N2O. The number of carbonyl (C=O) groups is 1. The summed E-state index contributed by atoms with van der Waals surface area (Å²) in [6.07, 6.45) is 5.71. The summed E-state index contributed by atoms with van der Waals surface area (Å²) in [5.41, 5.74) is 1.43. The second-order valence-electron chi connectivity index (χ2n) is 7.06. The molecule has 0 bridgehead atoms. The highest BCUT2D eigenvalue weighted by Gasteiger charge is 2.30. The third-order valence-corrected chi connectivity index (χ3v) is 5.27. The maximum absolute atomic E-state index is 12.7. The third-order valence-electron chi connectivity index (χ3n) is 5.27. The number of hydrogen-bond donors (Lipinski definition) is 0. The molecule has 0 N–H and O–H groups in total. The zero-order valence-electron chi connectivity index (χ0n) is 13.7. The van der Waals surface area contributed by atoms with Gasteiger partial charge < -0.3 is 9.80 Å². The lowest BCUT2D eigenvalue weighted by Crippen LogP contribution is -2.46. The van der Waals surface area contributed by atoms with Gasteiger partial charge in [0.15, 0.2) is 0 Å². The SMILES string of the molecule is CN1CCC[C@H](C(=O)N2CCC(Cc3ccccc3)CC2)C1. The van der Waals surface area contributed by atoms with Crippen LogP contribution in [0.2, 0.25) is 0 Å². The van der Waals surface area contributed by atoms with E-state index >= 15 is 0 Å². The Morgan fingerprint density at radius 3 is 2.50 bits per heavy atom. The minimum Gasteiger partial charge on any atom is -0.342 e. The van der Waals surface area contributed by atoms with Crippen LogP contribution in [0.3, 0.4) is 0 Å². The van der Waals surface area contributed by atoms with Gasteiger partial charge in [-0.2, -0.15) is 0 Å². The van der Waals surface area contributed by atoms with E-state index in [1.807, 2.05) is 0 Å². The van der Waals surface area contributed by atoms with Gasteiger partial charge in [-0.15, -0.1) is 0 Å². The maximum atomic E-state index is 12.7. The smallest absolute Gasteiger partial charge is 0.226 e. The molecule has 0 saturated carbocycles. The average Bonchev–Trinajstić information content (AvgIpc) is 2.56. The largest absolute Gasteiger partial charge is 0.342 e. The molecule has 2 fully saturated rings. The quantitative estimate of drug-likeness (QED) is 0.857. The van der Waals surface area contributed by atoms with Gasteiger partial charge in [-0.1, -0.05) is 30.3 Å². The predicted octanol–water partition coefficient (Wildman–Crippen LogP) is 2.81. The van der Waals surface area contributed by atoms with Crippen molar-refractivity contribution < 1.29 is 4.79 Å². The van der Waals surface area contributed by atoms with E-state index in [4.69, 9.17) is 0 Å². The minimum atomic E-state index is 0.240. The fraction of sp³-hybridized carbons (Fsp3) is 0.632. The first-order valence-electron chi connectivity index (χ1n) is 8.73. The summed E-state index contributed by atoms with van der Waals surface area (Å²) in [5, 5.41) is 0. The van der Waals surface area contributed by atoms with Crippen LogP contribution in [0.4, 0.5) is 0 Å². The highest BCUT2D eigenvalue weighted by atomic mass is 16.2. The molecule has 1 aromatic carbocycles. The summed E-state index contributed by atoms with van der Waals surface area (Å²) in [4.78, 5) is 17.1. The Labute approximate surface area is 134 Å². The van der Waals surface area contributed by atoms with Crippen LogP contribution < -0.4 is 0 Å². The van der Waals surface area contributed by atoms with Crippen LogP contribution >= 0.6 is 0 Å². The summed E-state index contributed by atoms with van der Waals surface area (Å²) in [7, 11) is 2.13. The molecule has 0 aliphatic carbocycles. The molecule has 2 saturated heterocycles. The second-order valence-corrected chi connectivity index (χ2v) is 7.06. The van der Waals surface area contributed by atoms with Gasteiger partial charge in [0.2, 0.25) is 5.91 Å². The van der Waals surface area contributed by atoms with Gasteiger partial charge in [-0.25, -0.2) is 0 Å². The van der Waals surface area contributed by atoms with Crippen molar-refractivity contribution >= 4 is 5.91 Å². The molecule has 3 heteroatoms. The molecule has 0 aromatic heterocycles. The van der Waals surface area contributed by atoms with E-state index in [9.17, 15) is 4.79 Å². The van der Waals surface area contributed by atoms with Gasteiger partial charge in [0, 0.05) is 19.6 Å². The fourth-order valence-electron chi connectivity index (χ4n) is 3.93. The molecule has 1 atom stereocenters. The number of likely N-dealkylation sites (tertiary alicyclic amines) is 2. The summed E-state index contributed by atoms with van der Waals surface area (Å²) in [5.74, 6) is 1.38. The van der Waals surface area contributed by atoms with Crippen molar-refractivity contribution in [3.8, 4) is 0 Å². The number of amides is 1. The number of carbonyl (C=O) groups excluding carboxylic acids is 1. The lowest BCUT2D eigenvalue weighted by atomic mass is 9.89. The molecule has 2 aliphatic rings. The van der Waals surface area contributed by atoms with Crippen molar-refractivity contribution in [2.75, 3.05) is 33.2 Å². The van der Waals surface area contributed by atoms with Crippen LogP contribution in [0, 0.1) is 11.8 Å². The van der Waals surface area contributed by atoms with Gasteiger partial charge in [-0.05, 0) is 57.2 Å². The van der Waals surface area contributed by atoms with Crippen LogP contribution in [-0.2, 0) is 11.2 Å². The summed E-state index contributed by atoms with van der Waals surface area (Å²) in [6, 6.07) is 10.7. The first-order chi connectivity index (χ1) is 10.7. The Balaban J connectivity index is 1.48. The Hall–Kier alpha value is -1.35. The van der Waals surface area contributed by atoms with Crippen molar-refractivity contribution in [3.63, 3.8) is 0 Å². The molecule has 1 amide bonds. The molecule has 0 radical (unpaired) electrons. The highest BCUT2D eigenvalue weighted by molar-refractivity contribution is 5.79. The number of piperidine rings is 2. The van der Waals surface area contributed by atoms with E-state index in [-0.39, 0.29) is 5.92 Å². The van der Waals surface area contributed by atoms with Crippen LogP contribution in [0.25, 0.3) is 0 Å². The molecule has 120 valence electrons. The molecule has 2 heterocycles. The first-order valence-corrected chi connectivity index (χ1v) is 8.73. The number of nitrogens with zero attached hydrogens (tertiary/aromatic N) is 2. The summed E-state index contributed by atoms with van der Waals surface area (Å²) >= 11 is 0. The van der Waals surface area contributed by atoms with E-state index in [0.29, 0.717) is 5.91 Å². The molecule has 22 heavy (non-hydrogen) atoms. The van der Waals surface area contributed by atoms with E-state index in [0.717, 1.165) is 64.2 Å². The Kier molecular flexibility index (Phi) is 5.14. The normalized spacial score (nSPS) is 24.4. The molecule has 2 aliphatic heterocycles. The van der Waals surface area contributed by atoms with Gasteiger partial charge in [-0.3, -0.25) is 4.79 Å². The van der Waals surface area contributed by atoms with Crippen molar-refractivity contribution in [1.82, 2.24) is 9.80 Å². The molecule has 1 aromatic rings. The van der Waals surface area contributed by atoms with Crippen molar-refractivity contribution in [3.05, 3.63) is 35.9 Å². The third kappa shape index (κ3) is 3.89. The highest BCUT2D eigenvalue weighted by Crippen LogP contribution is 2.25. The lowest BCUT2D eigenvalue weighted by molar-refractivity contribution is -0.138. The van der Waals surface area contributed by atoms with E-state index in [2.05, 4.69) is 47.2 Å². The van der Waals surface area contributed by atoms with Gasteiger partial charge >= 0.3 is 0 Å². The standard InChI is InChI=1S/C19H28N2O/c1-20-11-5-8-18(15-20)19(22)21-12-9-17(10-13-21)14-16-6-3-2-4-7-16/h2-4,6-7,17-18H,5,8-15H2,1H3/t18-/m0/s1. The number of benzene rings is 1. The summed E-state index contributed by atoms with van der Waals surface area (Å²) in [6.45, 7) is 4.00. The molecule has 0 spiro atoms. The molecule has 3 nitrogen and oxygen atoms in total. The van der Waals surface area contributed by atoms with Gasteiger partial charge in [0.05, 0.1) is 5.92 Å². The first kappa shape index (κ1) is 15.5. The average molecular weight is 300 g/mol. The van der Waals surface area contributed by atoms with Crippen LogP contribution in [-0.4, -0.2) is 48.9 Å². The number of rotatable bonds is 3. The van der Waals surface area contributed by atoms with Crippen LogP contribution in [0.15, 0.2) is 30.3 Å². The molecule has 3 rings (SSSR count). The Bertz CT molecular complexity index is 479. The topological polar surface area (TPSA) is 23.6 Å². The summed E-state index contributed by atoms with van der Waals surface area (Å²) < 4.78 is 0. The van der Waals surface area contributed by atoms with Crippen molar-refractivity contribution in [2.24, 2.45) is 11.8 Å². The zero-order valence-corrected chi connectivity index (χ0v) is 13.7. The van der Waals surface area contributed by atoms with E-state index in [1.165, 1.54) is 5.56 Å². The monoisotopic (exact) mass is 300 g/mol. The predicted molar refractivity (Wildman–Crippen MR) is 89.7 cm³/mol. The Morgan fingerprint density at radius 1 is 1.09 bits per heavy atom. The minimum absolute atomic E-state index is 0.240. The Morgan fingerprint density at radius 2 is 1.82 bits per heavy atom. The van der Waals surface area contributed by atoms with Gasteiger partial charge in [0.1, 0.15) is 0 Å². The van der Waals surface area contributed by atoms with Crippen LogP contribution in [0.5, 0.6) is 0 Å². The molecular weight excluding hydrogens is 272 g/mol. The maximum Gasteiger partial charge on any atom is 0.226 e. The lowest BCUT2D eigenvalue weighted by Gasteiger charge is -2.37. The van der Waals surface area contributed by atoms with Gasteiger partial charge in [0.25, 0.3) is 0 Å². The van der Waals surface area contributed by atoms with Crippen LogP contribution in [0.1, 0.15) is 31.2 Å². The second kappa shape index (κ2) is 7.28.